The van der Waals surface area contributed by atoms with E-state index in [2.05, 4.69) is 20.2 Å². The van der Waals surface area contributed by atoms with Crippen LogP contribution in [0, 0.1) is 0 Å². The van der Waals surface area contributed by atoms with Crippen molar-refractivity contribution in [1.29, 1.82) is 0 Å². The van der Waals surface area contributed by atoms with Crippen molar-refractivity contribution >= 4 is 22.9 Å². The van der Waals surface area contributed by atoms with Crippen LogP contribution in [-0.4, -0.2) is 42.1 Å². The number of alkyl halides is 2. The Labute approximate surface area is 132 Å². The Bertz CT molecular complexity index is 760. The molecule has 3 heterocycles. The second-order valence-corrected chi connectivity index (χ2v) is 6.34. The van der Waals surface area contributed by atoms with Crippen LogP contribution in [0.2, 0.25) is 0 Å². The fourth-order valence-corrected chi connectivity index (χ4v) is 3.50. The molecule has 2 aromatic rings. The summed E-state index contributed by atoms with van der Waals surface area (Å²) in [5, 5.41) is 3.24. The van der Waals surface area contributed by atoms with Gasteiger partial charge in [-0.25, -0.2) is 13.8 Å². The summed E-state index contributed by atoms with van der Waals surface area (Å²) in [5.41, 5.74) is 7.23. The van der Waals surface area contributed by atoms with Gasteiger partial charge in [-0.2, -0.15) is 4.98 Å². The van der Waals surface area contributed by atoms with E-state index in [0.29, 0.717) is 34.3 Å². The Morgan fingerprint density at radius 3 is 2.96 bits per heavy atom. The Hall–Kier alpha value is -1.96. The van der Waals surface area contributed by atoms with Crippen LogP contribution in [0.3, 0.4) is 0 Å². The number of nitrogens with two attached hydrogens (primary N) is 1. The first-order valence-corrected chi connectivity index (χ1v) is 7.84. The molecule has 1 aliphatic heterocycles. The van der Waals surface area contributed by atoms with E-state index in [9.17, 15) is 8.78 Å². The summed E-state index contributed by atoms with van der Waals surface area (Å²) in [4.78, 5) is 10.6. The topological polar surface area (TPSA) is 80.2 Å². The first-order chi connectivity index (χ1) is 11.0. The van der Waals surface area contributed by atoms with Crippen molar-refractivity contribution in [2.24, 2.45) is 0 Å². The number of nitrogens with one attached hydrogen (secondary N) is 1. The first-order valence-electron chi connectivity index (χ1n) is 7.84. The van der Waals surface area contributed by atoms with Gasteiger partial charge in [-0.3, -0.25) is 0 Å². The normalized spacial score (nSPS) is 23.4. The van der Waals surface area contributed by atoms with Crippen LogP contribution in [0.15, 0.2) is 4.42 Å². The second-order valence-electron chi connectivity index (χ2n) is 6.34. The van der Waals surface area contributed by atoms with Gasteiger partial charge >= 0.3 is 0 Å². The minimum atomic E-state index is -2.71. The highest BCUT2D eigenvalue weighted by atomic mass is 19.3. The lowest BCUT2D eigenvalue weighted by Crippen LogP contribution is -2.30. The first kappa shape index (κ1) is 14.6. The summed E-state index contributed by atoms with van der Waals surface area (Å²) in [5.74, 6) is -1.41. The largest absolute Gasteiger partial charge is 0.455 e. The summed E-state index contributed by atoms with van der Waals surface area (Å²) in [6.07, 6.45) is 0.672. The fourth-order valence-electron chi connectivity index (χ4n) is 3.50. The molecular weight excluding hydrogens is 304 g/mol. The monoisotopic (exact) mass is 323 g/mol. The number of fused-ring (bicyclic) bond motifs is 3. The number of rotatable bonds is 2. The van der Waals surface area contributed by atoms with Gasteiger partial charge in [0.2, 0.25) is 5.95 Å². The van der Waals surface area contributed by atoms with Crippen LogP contribution in [0.5, 0.6) is 0 Å². The Balaban J connectivity index is 1.82. The minimum Gasteiger partial charge on any atom is -0.455 e. The summed E-state index contributed by atoms with van der Waals surface area (Å²) in [7, 11) is 1.92. The van der Waals surface area contributed by atoms with Crippen LogP contribution >= 0.6 is 0 Å². The van der Waals surface area contributed by atoms with E-state index in [-0.39, 0.29) is 25.2 Å². The van der Waals surface area contributed by atoms with Crippen LogP contribution in [-0.2, 0) is 12.8 Å². The van der Waals surface area contributed by atoms with Crippen molar-refractivity contribution < 1.29 is 13.2 Å². The molecular formula is C15H19F2N5O. The molecule has 6 nitrogen and oxygen atoms in total. The quantitative estimate of drug-likeness (QED) is 0.876. The maximum atomic E-state index is 13.8. The molecule has 1 saturated heterocycles. The molecule has 0 bridgehead atoms. The van der Waals surface area contributed by atoms with Gasteiger partial charge in [-0.05, 0) is 13.5 Å². The van der Waals surface area contributed by atoms with Crippen molar-refractivity contribution in [2.45, 2.75) is 37.6 Å². The zero-order valence-electron chi connectivity index (χ0n) is 12.9. The number of hydrogen-bond acceptors (Lipinski definition) is 6. The van der Waals surface area contributed by atoms with Gasteiger partial charge in [-0.15, -0.1) is 0 Å². The van der Waals surface area contributed by atoms with Crippen LogP contribution in [0.1, 0.15) is 24.2 Å². The zero-order valence-corrected chi connectivity index (χ0v) is 12.9. The zero-order chi connectivity index (χ0) is 16.2. The molecule has 0 aromatic carbocycles. The number of aromatic nitrogens is 2. The number of aryl methyl sites for hydroxylation is 1. The van der Waals surface area contributed by atoms with Gasteiger partial charge in [0, 0.05) is 44.0 Å². The molecule has 8 heteroatoms. The van der Waals surface area contributed by atoms with E-state index in [0.717, 1.165) is 19.5 Å². The molecule has 0 spiro atoms. The Morgan fingerprint density at radius 1 is 1.39 bits per heavy atom. The fraction of sp³-hybridized carbons (Fsp3) is 0.600. The molecule has 2 aromatic heterocycles. The maximum Gasteiger partial charge on any atom is 0.252 e. The molecule has 23 heavy (non-hydrogen) atoms. The molecule has 0 amide bonds. The third-order valence-electron chi connectivity index (χ3n) is 4.76. The second kappa shape index (κ2) is 5.02. The van der Waals surface area contributed by atoms with E-state index in [1.54, 1.807) is 0 Å². The van der Waals surface area contributed by atoms with Crippen molar-refractivity contribution in [3.63, 3.8) is 0 Å². The van der Waals surface area contributed by atoms with E-state index in [1.807, 2.05) is 7.05 Å². The highest BCUT2D eigenvalue weighted by Crippen LogP contribution is 2.40. The Morgan fingerprint density at radius 2 is 2.22 bits per heavy atom. The van der Waals surface area contributed by atoms with Crippen LogP contribution in [0.25, 0.3) is 11.1 Å². The van der Waals surface area contributed by atoms with Gasteiger partial charge in [-0.1, -0.05) is 0 Å². The van der Waals surface area contributed by atoms with Gasteiger partial charge in [0.05, 0.1) is 0 Å². The predicted octanol–water partition coefficient (Wildman–Crippen LogP) is 1.73. The van der Waals surface area contributed by atoms with E-state index >= 15 is 0 Å². The lowest BCUT2D eigenvalue weighted by atomic mass is 9.94. The van der Waals surface area contributed by atoms with E-state index < -0.39 is 5.92 Å². The smallest absolute Gasteiger partial charge is 0.252 e. The van der Waals surface area contributed by atoms with Crippen molar-refractivity contribution in [1.82, 2.24) is 15.3 Å². The van der Waals surface area contributed by atoms with Gasteiger partial charge in [0.25, 0.3) is 5.92 Å². The number of furan rings is 1. The molecule has 0 unspecified atom stereocenters. The molecule has 1 atom stereocenters. The highest BCUT2D eigenvalue weighted by Gasteiger charge is 2.38. The minimum absolute atomic E-state index is 0.0953. The third-order valence-corrected chi connectivity index (χ3v) is 4.76. The van der Waals surface area contributed by atoms with Crippen molar-refractivity contribution in [2.75, 3.05) is 30.8 Å². The molecule has 2 aliphatic rings. The van der Waals surface area contributed by atoms with Gasteiger partial charge in [0.15, 0.2) is 11.4 Å². The summed E-state index contributed by atoms with van der Waals surface area (Å²) < 4.78 is 33.4. The number of anilines is 2. The highest BCUT2D eigenvalue weighted by molar-refractivity contribution is 5.89. The Kier molecular flexibility index (Phi) is 3.19. The SMILES string of the molecule is CN[C@H]1CCN(c2nc(N)nc3c4c(oc23)CCC(F)(F)C4)C1. The predicted molar refractivity (Wildman–Crippen MR) is 82.9 cm³/mol. The summed E-state index contributed by atoms with van der Waals surface area (Å²) in [6.45, 7) is 1.60. The molecule has 124 valence electrons. The number of hydrogen-bond donors (Lipinski definition) is 2. The van der Waals surface area contributed by atoms with Crippen molar-refractivity contribution in [3.05, 3.63) is 11.3 Å². The standard InChI is InChI=1S/C15H19F2N5O/c1-19-8-3-5-22(7-8)13-12-11(20-14(18)21-13)9-6-15(16,17)4-2-10(9)23-12/h8,19H,2-7H2,1H3,(H2,18,20,21)/t8-/m0/s1. The third kappa shape index (κ3) is 2.41. The van der Waals surface area contributed by atoms with Gasteiger partial charge in [0.1, 0.15) is 11.3 Å². The molecule has 0 saturated carbocycles. The number of likely N-dealkylation sites (N-methyl/N-ethyl adjacent to an activating group) is 1. The number of nitrogen functional groups attached to an aromatic ring is 1. The number of halogens is 2. The van der Waals surface area contributed by atoms with Gasteiger partial charge < -0.3 is 20.4 Å². The molecule has 1 fully saturated rings. The average molecular weight is 323 g/mol. The summed E-state index contributed by atoms with van der Waals surface area (Å²) in [6, 6.07) is 0.371. The molecule has 0 radical (unpaired) electrons. The van der Waals surface area contributed by atoms with Crippen LogP contribution in [0.4, 0.5) is 20.5 Å². The summed E-state index contributed by atoms with van der Waals surface area (Å²) >= 11 is 0. The van der Waals surface area contributed by atoms with E-state index in [4.69, 9.17) is 10.2 Å². The average Bonchev–Trinajstić information content (AvgIpc) is 3.10. The number of nitrogens with zero attached hydrogens (tertiary/aromatic N) is 3. The lowest BCUT2D eigenvalue weighted by Gasteiger charge is -2.20. The lowest BCUT2D eigenvalue weighted by molar-refractivity contribution is -0.0140. The van der Waals surface area contributed by atoms with E-state index in [1.165, 1.54) is 0 Å². The maximum absolute atomic E-state index is 13.8. The van der Waals surface area contributed by atoms with Crippen molar-refractivity contribution in [3.8, 4) is 0 Å². The van der Waals surface area contributed by atoms with Crippen LogP contribution < -0.4 is 16.0 Å². The molecule has 1 aliphatic carbocycles. The molecule has 3 N–H and O–H groups in total. The molecule has 4 rings (SSSR count).